The fourth-order valence-corrected chi connectivity index (χ4v) is 5.13. The maximum atomic E-state index is 14.4. The van der Waals surface area contributed by atoms with Crippen LogP contribution in [0.2, 0.25) is 0 Å². The number of nitrogens with zero attached hydrogens (tertiary/aromatic N) is 2. The summed E-state index contributed by atoms with van der Waals surface area (Å²) < 4.78 is 14.4. The molecule has 4 rings (SSSR count). The van der Waals surface area contributed by atoms with Crippen molar-refractivity contribution in [3.63, 3.8) is 0 Å². The van der Waals surface area contributed by atoms with Crippen molar-refractivity contribution in [1.29, 1.82) is 0 Å². The molecule has 1 spiro atoms. The number of hydrogen-bond donors (Lipinski definition) is 1. The summed E-state index contributed by atoms with van der Waals surface area (Å²) in [5, 5.41) is 2.30. The average Bonchev–Trinajstić information content (AvgIpc) is 2.58. The molecule has 3 heterocycles. The first-order valence-electron chi connectivity index (χ1n) is 7.72. The fourth-order valence-electron chi connectivity index (χ4n) is 3.95. The minimum Gasteiger partial charge on any atom is -0.363 e. The van der Waals surface area contributed by atoms with E-state index in [4.69, 9.17) is 0 Å². The second-order valence-corrected chi connectivity index (χ2v) is 7.45. The number of anilines is 1. The van der Waals surface area contributed by atoms with Gasteiger partial charge in [0.25, 0.3) is 0 Å². The summed E-state index contributed by atoms with van der Waals surface area (Å²) in [5.74, 6) is -0.0982. The molecule has 24 heavy (non-hydrogen) atoms. The number of carbonyl (C=O) groups excluding carboxylic acids is 3. The number of para-hydroxylation sites is 1. The Morgan fingerprint density at radius 2 is 2.12 bits per heavy atom. The van der Waals surface area contributed by atoms with Gasteiger partial charge in [0.15, 0.2) is 5.41 Å². The number of imide groups is 2. The molecule has 1 N–H and O–H groups in total. The van der Waals surface area contributed by atoms with E-state index in [0.717, 1.165) is 10.7 Å². The van der Waals surface area contributed by atoms with E-state index in [-0.39, 0.29) is 12.2 Å². The van der Waals surface area contributed by atoms with Gasteiger partial charge in [-0.3, -0.25) is 19.8 Å². The SMILES string of the molecule is CN1C(=O)NC(=O)[C@]2(Cc3cccc(F)c3N3CCSC[C@H]32)C1=O. The summed E-state index contributed by atoms with van der Waals surface area (Å²) in [6, 6.07) is 3.55. The van der Waals surface area contributed by atoms with E-state index in [1.165, 1.54) is 13.1 Å². The van der Waals surface area contributed by atoms with Crippen molar-refractivity contribution in [3.05, 3.63) is 29.6 Å². The zero-order valence-corrected chi connectivity index (χ0v) is 13.9. The van der Waals surface area contributed by atoms with Gasteiger partial charge in [-0.25, -0.2) is 9.18 Å². The topological polar surface area (TPSA) is 69.7 Å². The molecule has 0 aromatic heterocycles. The van der Waals surface area contributed by atoms with Crippen LogP contribution in [0.1, 0.15) is 5.56 Å². The molecular weight excluding hydrogens is 333 g/mol. The Kier molecular flexibility index (Phi) is 3.35. The number of carbonyl (C=O) groups is 3. The Balaban J connectivity index is 1.92. The maximum Gasteiger partial charge on any atom is 0.330 e. The molecule has 0 aliphatic carbocycles. The van der Waals surface area contributed by atoms with Crippen molar-refractivity contribution in [2.24, 2.45) is 5.41 Å². The van der Waals surface area contributed by atoms with Crippen LogP contribution < -0.4 is 10.2 Å². The van der Waals surface area contributed by atoms with Gasteiger partial charge in [-0.05, 0) is 18.1 Å². The van der Waals surface area contributed by atoms with Gasteiger partial charge in [0.2, 0.25) is 11.8 Å². The third-order valence-corrected chi connectivity index (χ3v) is 6.16. The first kappa shape index (κ1) is 15.4. The second kappa shape index (κ2) is 5.20. The third kappa shape index (κ3) is 1.86. The smallest absolute Gasteiger partial charge is 0.330 e. The number of rotatable bonds is 0. The van der Waals surface area contributed by atoms with E-state index in [1.807, 2.05) is 4.90 Å². The van der Waals surface area contributed by atoms with E-state index < -0.39 is 29.3 Å². The Morgan fingerprint density at radius 1 is 1.33 bits per heavy atom. The first-order valence-corrected chi connectivity index (χ1v) is 8.87. The number of barbiturate groups is 1. The molecule has 0 bridgehead atoms. The Bertz CT molecular complexity index is 771. The van der Waals surface area contributed by atoms with E-state index in [1.54, 1.807) is 23.9 Å². The third-order valence-electron chi connectivity index (χ3n) is 5.14. The molecule has 1 aromatic carbocycles. The molecule has 0 unspecified atom stereocenters. The van der Waals surface area contributed by atoms with Gasteiger partial charge in [-0.15, -0.1) is 0 Å². The second-order valence-electron chi connectivity index (χ2n) is 6.30. The molecule has 0 radical (unpaired) electrons. The standard InChI is InChI=1S/C16H16FN3O3S/c1-19-14(22)16(13(21)18-15(19)23)7-9-3-2-4-10(17)12(9)20-5-6-24-8-11(16)20/h2-4,11H,5-8H2,1H3,(H,18,21,23)/t11-,16+/m0/s1. The lowest BCUT2D eigenvalue weighted by Crippen LogP contribution is -2.72. The lowest BCUT2D eigenvalue weighted by molar-refractivity contribution is -0.152. The van der Waals surface area contributed by atoms with Crippen LogP contribution in [0.25, 0.3) is 0 Å². The zero-order chi connectivity index (χ0) is 17.1. The van der Waals surface area contributed by atoms with Crippen LogP contribution in [0, 0.1) is 11.2 Å². The lowest BCUT2D eigenvalue weighted by atomic mass is 9.69. The monoisotopic (exact) mass is 349 g/mol. The molecule has 2 fully saturated rings. The molecule has 0 saturated carbocycles. The summed E-state index contributed by atoms with van der Waals surface area (Å²) >= 11 is 1.64. The molecule has 3 aliphatic rings. The fraction of sp³-hybridized carbons (Fsp3) is 0.438. The highest BCUT2D eigenvalue weighted by Gasteiger charge is 2.62. The van der Waals surface area contributed by atoms with Crippen molar-refractivity contribution in [2.75, 3.05) is 30.0 Å². The molecule has 8 heteroatoms. The van der Waals surface area contributed by atoms with Crippen molar-refractivity contribution in [1.82, 2.24) is 10.2 Å². The average molecular weight is 349 g/mol. The molecule has 2 saturated heterocycles. The summed E-state index contributed by atoms with van der Waals surface area (Å²) in [6.45, 7) is 0.559. The molecule has 3 aliphatic heterocycles. The van der Waals surface area contributed by atoms with Gasteiger partial charge in [-0.2, -0.15) is 11.8 Å². The first-order chi connectivity index (χ1) is 11.5. The highest BCUT2D eigenvalue weighted by molar-refractivity contribution is 7.99. The van der Waals surface area contributed by atoms with Gasteiger partial charge >= 0.3 is 6.03 Å². The summed E-state index contributed by atoms with van der Waals surface area (Å²) in [7, 11) is 1.37. The Labute approximate surface area is 142 Å². The Morgan fingerprint density at radius 3 is 2.92 bits per heavy atom. The number of benzene rings is 1. The Hall–Kier alpha value is -2.09. The number of thioether (sulfide) groups is 1. The lowest BCUT2D eigenvalue weighted by Gasteiger charge is -2.53. The summed E-state index contributed by atoms with van der Waals surface area (Å²) in [5.41, 5.74) is -0.283. The summed E-state index contributed by atoms with van der Waals surface area (Å²) in [4.78, 5) is 40.4. The number of halogens is 1. The molecule has 6 nitrogen and oxygen atoms in total. The van der Waals surface area contributed by atoms with Crippen molar-refractivity contribution < 1.29 is 18.8 Å². The zero-order valence-electron chi connectivity index (χ0n) is 13.0. The molecule has 2 atom stereocenters. The van der Waals surface area contributed by atoms with Crippen LogP contribution in [-0.4, -0.2) is 53.9 Å². The minimum absolute atomic E-state index is 0.101. The quantitative estimate of drug-likeness (QED) is 0.708. The van der Waals surface area contributed by atoms with Crippen LogP contribution in [0.4, 0.5) is 14.9 Å². The van der Waals surface area contributed by atoms with E-state index >= 15 is 0 Å². The number of fused-ring (bicyclic) bond motifs is 4. The van der Waals surface area contributed by atoms with Gasteiger partial charge < -0.3 is 4.90 Å². The molecule has 1 aromatic rings. The molecular formula is C16H16FN3O3S. The normalized spacial score (nSPS) is 29.4. The predicted octanol–water partition coefficient (Wildman–Crippen LogP) is 0.998. The summed E-state index contributed by atoms with van der Waals surface area (Å²) in [6.07, 6.45) is 0.101. The largest absolute Gasteiger partial charge is 0.363 e. The van der Waals surface area contributed by atoms with Gasteiger partial charge in [0.05, 0.1) is 11.7 Å². The van der Waals surface area contributed by atoms with Crippen molar-refractivity contribution >= 4 is 35.3 Å². The van der Waals surface area contributed by atoms with E-state index in [2.05, 4.69) is 5.32 Å². The van der Waals surface area contributed by atoms with Gasteiger partial charge in [-0.1, -0.05) is 12.1 Å². The molecule has 4 amide bonds. The predicted molar refractivity (Wildman–Crippen MR) is 87.3 cm³/mol. The van der Waals surface area contributed by atoms with E-state index in [0.29, 0.717) is 23.5 Å². The van der Waals surface area contributed by atoms with Gasteiger partial charge in [0.1, 0.15) is 5.82 Å². The van der Waals surface area contributed by atoms with Crippen molar-refractivity contribution in [2.45, 2.75) is 12.5 Å². The van der Waals surface area contributed by atoms with Crippen LogP contribution in [0.15, 0.2) is 18.2 Å². The number of urea groups is 1. The maximum absolute atomic E-state index is 14.4. The van der Waals surface area contributed by atoms with Crippen LogP contribution >= 0.6 is 11.8 Å². The highest BCUT2D eigenvalue weighted by Crippen LogP contribution is 2.47. The highest BCUT2D eigenvalue weighted by atomic mass is 32.2. The van der Waals surface area contributed by atoms with Crippen molar-refractivity contribution in [3.8, 4) is 0 Å². The van der Waals surface area contributed by atoms with Crippen LogP contribution in [0.5, 0.6) is 0 Å². The number of amides is 4. The van der Waals surface area contributed by atoms with Crippen LogP contribution in [0.3, 0.4) is 0 Å². The molecule has 126 valence electrons. The van der Waals surface area contributed by atoms with E-state index in [9.17, 15) is 18.8 Å². The minimum atomic E-state index is -1.39. The number of nitrogens with one attached hydrogen (secondary N) is 1. The van der Waals surface area contributed by atoms with Gasteiger partial charge in [0, 0.05) is 25.1 Å². The van der Waals surface area contributed by atoms with Crippen LogP contribution in [-0.2, 0) is 16.0 Å². The number of hydrogen-bond acceptors (Lipinski definition) is 5.